The van der Waals surface area contributed by atoms with Crippen molar-refractivity contribution in [2.45, 2.75) is 6.92 Å². The number of ether oxygens (including phenoxy) is 2. The van der Waals surface area contributed by atoms with Gasteiger partial charge < -0.3 is 9.47 Å². The molecule has 1 aromatic rings. The number of hydrogen-bond acceptors (Lipinski definition) is 3. The first-order valence-corrected chi connectivity index (χ1v) is 4.08. The zero-order valence-corrected chi connectivity index (χ0v) is 7.74. The standard InChI is InChI=1S/C10H12O3/c1-3-13-10-6-4-5-9(12-2)8(10)7-11/h4-7H,3H2,1-2H3. The van der Waals surface area contributed by atoms with Crippen molar-refractivity contribution in [3.05, 3.63) is 23.8 Å². The van der Waals surface area contributed by atoms with Gasteiger partial charge >= 0.3 is 0 Å². The van der Waals surface area contributed by atoms with E-state index in [1.165, 1.54) is 7.11 Å². The van der Waals surface area contributed by atoms with Crippen LogP contribution in [0, 0.1) is 0 Å². The highest BCUT2D eigenvalue weighted by atomic mass is 16.5. The SMILES string of the molecule is CCOc1cccc(OC)c1C=O. The molecular formula is C10H12O3. The van der Waals surface area contributed by atoms with Crippen LogP contribution in [0.15, 0.2) is 18.2 Å². The lowest BCUT2D eigenvalue weighted by Crippen LogP contribution is -1.98. The van der Waals surface area contributed by atoms with Gasteiger partial charge in [0.2, 0.25) is 0 Å². The normalized spacial score (nSPS) is 9.38. The van der Waals surface area contributed by atoms with Crippen LogP contribution in [0.3, 0.4) is 0 Å². The van der Waals surface area contributed by atoms with Crippen LogP contribution in [0.2, 0.25) is 0 Å². The van der Waals surface area contributed by atoms with Gasteiger partial charge in [-0.2, -0.15) is 0 Å². The summed E-state index contributed by atoms with van der Waals surface area (Å²) in [5.41, 5.74) is 0.465. The Morgan fingerprint density at radius 1 is 1.38 bits per heavy atom. The van der Waals surface area contributed by atoms with E-state index in [2.05, 4.69) is 0 Å². The van der Waals surface area contributed by atoms with Crippen LogP contribution in [0.1, 0.15) is 17.3 Å². The topological polar surface area (TPSA) is 35.5 Å². The summed E-state index contributed by atoms with van der Waals surface area (Å²) in [5.74, 6) is 1.11. The Labute approximate surface area is 77.3 Å². The highest BCUT2D eigenvalue weighted by molar-refractivity contribution is 5.83. The summed E-state index contributed by atoms with van der Waals surface area (Å²) >= 11 is 0. The van der Waals surface area contributed by atoms with Gasteiger partial charge in [-0.25, -0.2) is 0 Å². The summed E-state index contributed by atoms with van der Waals surface area (Å²) in [7, 11) is 1.53. The number of carbonyl (C=O) groups excluding carboxylic acids is 1. The van der Waals surface area contributed by atoms with Gasteiger partial charge in [0.25, 0.3) is 0 Å². The first-order chi connectivity index (χ1) is 6.33. The van der Waals surface area contributed by atoms with Crippen LogP contribution in [0.4, 0.5) is 0 Å². The van der Waals surface area contributed by atoms with Crippen molar-refractivity contribution >= 4 is 6.29 Å². The van der Waals surface area contributed by atoms with Crippen molar-refractivity contribution in [2.75, 3.05) is 13.7 Å². The predicted octanol–water partition coefficient (Wildman–Crippen LogP) is 1.91. The molecule has 0 heterocycles. The Bertz CT molecular complexity index is 294. The molecule has 0 aliphatic rings. The fourth-order valence-electron chi connectivity index (χ4n) is 1.10. The number of aldehydes is 1. The largest absolute Gasteiger partial charge is 0.496 e. The number of methoxy groups -OCH3 is 1. The monoisotopic (exact) mass is 180 g/mol. The summed E-state index contributed by atoms with van der Waals surface area (Å²) in [6.45, 7) is 2.40. The van der Waals surface area contributed by atoms with E-state index < -0.39 is 0 Å². The quantitative estimate of drug-likeness (QED) is 0.664. The average molecular weight is 180 g/mol. The van der Waals surface area contributed by atoms with Crippen LogP contribution in [-0.4, -0.2) is 20.0 Å². The molecule has 3 heteroatoms. The fourth-order valence-corrected chi connectivity index (χ4v) is 1.10. The molecular weight excluding hydrogens is 168 g/mol. The van der Waals surface area contributed by atoms with E-state index in [1.54, 1.807) is 18.2 Å². The van der Waals surface area contributed by atoms with Gasteiger partial charge in [-0.15, -0.1) is 0 Å². The molecule has 0 amide bonds. The van der Waals surface area contributed by atoms with Gasteiger partial charge in [0.05, 0.1) is 19.3 Å². The van der Waals surface area contributed by atoms with Crippen molar-refractivity contribution in [2.24, 2.45) is 0 Å². The first kappa shape index (κ1) is 9.58. The second-order valence-corrected chi connectivity index (χ2v) is 2.42. The molecule has 0 aliphatic heterocycles. The van der Waals surface area contributed by atoms with Crippen LogP contribution in [0.5, 0.6) is 11.5 Å². The van der Waals surface area contributed by atoms with Gasteiger partial charge in [0, 0.05) is 0 Å². The van der Waals surface area contributed by atoms with Gasteiger partial charge in [0.15, 0.2) is 6.29 Å². The van der Waals surface area contributed by atoms with E-state index in [-0.39, 0.29) is 0 Å². The second-order valence-electron chi connectivity index (χ2n) is 2.42. The van der Waals surface area contributed by atoms with Crippen molar-refractivity contribution in [1.82, 2.24) is 0 Å². The summed E-state index contributed by atoms with van der Waals surface area (Å²) in [4.78, 5) is 10.7. The van der Waals surface area contributed by atoms with E-state index in [1.807, 2.05) is 6.92 Å². The maximum absolute atomic E-state index is 10.7. The van der Waals surface area contributed by atoms with E-state index in [0.29, 0.717) is 23.7 Å². The average Bonchev–Trinajstić information content (AvgIpc) is 2.18. The van der Waals surface area contributed by atoms with Crippen molar-refractivity contribution in [3.8, 4) is 11.5 Å². The third kappa shape index (κ3) is 1.99. The Kier molecular flexibility index (Phi) is 3.31. The maximum Gasteiger partial charge on any atom is 0.157 e. The molecule has 0 fully saturated rings. The summed E-state index contributed by atoms with van der Waals surface area (Å²) < 4.78 is 10.3. The van der Waals surface area contributed by atoms with Crippen molar-refractivity contribution in [1.29, 1.82) is 0 Å². The molecule has 3 nitrogen and oxygen atoms in total. The molecule has 0 saturated heterocycles. The zero-order chi connectivity index (χ0) is 9.68. The molecule has 0 aromatic heterocycles. The van der Waals surface area contributed by atoms with Crippen LogP contribution >= 0.6 is 0 Å². The number of rotatable bonds is 4. The highest BCUT2D eigenvalue weighted by Crippen LogP contribution is 2.26. The van der Waals surface area contributed by atoms with Gasteiger partial charge in [-0.3, -0.25) is 4.79 Å². The van der Waals surface area contributed by atoms with Crippen LogP contribution < -0.4 is 9.47 Å². The molecule has 0 N–H and O–H groups in total. The minimum absolute atomic E-state index is 0.465. The summed E-state index contributed by atoms with van der Waals surface area (Å²) in [5, 5.41) is 0. The van der Waals surface area contributed by atoms with Gasteiger partial charge in [-0.1, -0.05) is 6.07 Å². The van der Waals surface area contributed by atoms with E-state index in [0.717, 1.165) is 6.29 Å². The highest BCUT2D eigenvalue weighted by Gasteiger charge is 2.07. The molecule has 0 spiro atoms. The Balaban J connectivity index is 3.10. The summed E-state index contributed by atoms with van der Waals surface area (Å²) in [6.07, 6.45) is 0.740. The molecule has 1 aromatic carbocycles. The van der Waals surface area contributed by atoms with Crippen molar-refractivity contribution in [3.63, 3.8) is 0 Å². The molecule has 13 heavy (non-hydrogen) atoms. The maximum atomic E-state index is 10.7. The Morgan fingerprint density at radius 2 is 2.08 bits per heavy atom. The van der Waals surface area contributed by atoms with Gasteiger partial charge in [0.1, 0.15) is 11.5 Å². The van der Waals surface area contributed by atoms with Gasteiger partial charge in [-0.05, 0) is 19.1 Å². The smallest absolute Gasteiger partial charge is 0.157 e. The predicted molar refractivity (Wildman–Crippen MR) is 49.6 cm³/mol. The Morgan fingerprint density at radius 3 is 2.62 bits per heavy atom. The minimum atomic E-state index is 0.465. The first-order valence-electron chi connectivity index (χ1n) is 4.08. The number of carbonyl (C=O) groups is 1. The molecule has 0 saturated carbocycles. The number of benzene rings is 1. The second kappa shape index (κ2) is 4.50. The summed E-state index contributed by atoms with van der Waals surface area (Å²) in [6, 6.07) is 5.26. The van der Waals surface area contributed by atoms with E-state index in [9.17, 15) is 4.79 Å². The van der Waals surface area contributed by atoms with Crippen molar-refractivity contribution < 1.29 is 14.3 Å². The molecule has 0 radical (unpaired) electrons. The van der Waals surface area contributed by atoms with E-state index >= 15 is 0 Å². The molecule has 0 atom stereocenters. The number of hydrogen-bond donors (Lipinski definition) is 0. The van der Waals surface area contributed by atoms with Crippen LogP contribution in [-0.2, 0) is 0 Å². The lowest BCUT2D eigenvalue weighted by atomic mass is 10.2. The lowest BCUT2D eigenvalue weighted by molar-refractivity contribution is 0.111. The molecule has 0 aliphatic carbocycles. The molecule has 70 valence electrons. The molecule has 1 rings (SSSR count). The van der Waals surface area contributed by atoms with Crippen LogP contribution in [0.25, 0.3) is 0 Å². The third-order valence-corrected chi connectivity index (χ3v) is 1.66. The zero-order valence-electron chi connectivity index (χ0n) is 7.74. The van der Waals surface area contributed by atoms with E-state index in [4.69, 9.17) is 9.47 Å². The minimum Gasteiger partial charge on any atom is -0.496 e. The third-order valence-electron chi connectivity index (χ3n) is 1.66. The molecule has 0 bridgehead atoms. The Hall–Kier alpha value is -1.51. The lowest BCUT2D eigenvalue weighted by Gasteiger charge is -2.08. The molecule has 0 unspecified atom stereocenters. The fraction of sp³-hybridized carbons (Fsp3) is 0.300.